The molecule has 0 amide bonds. The van der Waals surface area contributed by atoms with Crippen LogP contribution >= 0.6 is 0 Å². The molecule has 102 valence electrons. The van der Waals surface area contributed by atoms with E-state index in [-0.39, 0.29) is 11.4 Å². The van der Waals surface area contributed by atoms with Gasteiger partial charge in [-0.2, -0.15) is 5.10 Å². The van der Waals surface area contributed by atoms with Gasteiger partial charge in [0.2, 0.25) is 0 Å². The number of benzene rings is 2. The summed E-state index contributed by atoms with van der Waals surface area (Å²) in [6.07, 6.45) is 0. The summed E-state index contributed by atoms with van der Waals surface area (Å²) in [6.45, 7) is 0. The maximum atomic E-state index is 13.2. The lowest BCUT2D eigenvalue weighted by Gasteiger charge is -2.01. The first-order valence-electron chi connectivity index (χ1n) is 6.39. The van der Waals surface area contributed by atoms with E-state index < -0.39 is 0 Å². The first kappa shape index (κ1) is 11.8. The smallest absolute Gasteiger partial charge is 0.272 e. The van der Waals surface area contributed by atoms with Gasteiger partial charge in [-0.1, -0.05) is 18.2 Å². The number of nitrogens with zero attached hydrogens (tertiary/aromatic N) is 1. The summed E-state index contributed by atoms with van der Waals surface area (Å²) in [7, 11) is 0. The molecule has 0 aliphatic rings. The maximum Gasteiger partial charge on any atom is 0.272 e. The van der Waals surface area contributed by atoms with Crippen molar-refractivity contribution in [3.05, 3.63) is 64.7 Å². The van der Waals surface area contributed by atoms with Crippen molar-refractivity contribution in [2.24, 2.45) is 0 Å². The zero-order valence-electron chi connectivity index (χ0n) is 10.8. The van der Waals surface area contributed by atoms with Crippen LogP contribution in [0.5, 0.6) is 0 Å². The number of aromatic amines is 1. The number of rotatable bonds is 1. The van der Waals surface area contributed by atoms with Crippen molar-refractivity contribution in [2.45, 2.75) is 0 Å². The van der Waals surface area contributed by atoms with Crippen LogP contribution in [0.3, 0.4) is 0 Å². The van der Waals surface area contributed by atoms with Crippen LogP contribution in [0.15, 0.2) is 57.7 Å². The van der Waals surface area contributed by atoms with Crippen molar-refractivity contribution < 1.29 is 8.81 Å². The van der Waals surface area contributed by atoms with E-state index in [1.165, 1.54) is 12.1 Å². The molecule has 0 unspecified atom stereocenters. The fraction of sp³-hybridized carbons (Fsp3) is 0. The van der Waals surface area contributed by atoms with Gasteiger partial charge in [-0.05, 0) is 30.3 Å². The second-order valence-corrected chi connectivity index (χ2v) is 4.74. The molecule has 1 N–H and O–H groups in total. The van der Waals surface area contributed by atoms with Crippen molar-refractivity contribution in [3.8, 4) is 11.5 Å². The predicted octanol–water partition coefficient (Wildman–Crippen LogP) is 3.48. The average Bonchev–Trinajstić information content (AvgIpc) is 2.90. The fourth-order valence-electron chi connectivity index (χ4n) is 2.43. The van der Waals surface area contributed by atoms with Gasteiger partial charge in [0.25, 0.3) is 5.56 Å². The number of furan rings is 1. The second kappa shape index (κ2) is 4.28. The molecule has 0 saturated carbocycles. The number of nitrogens with one attached hydrogen (secondary N) is 1. The third kappa shape index (κ3) is 1.82. The van der Waals surface area contributed by atoms with E-state index in [0.29, 0.717) is 33.2 Å². The van der Waals surface area contributed by atoms with Crippen LogP contribution in [0.1, 0.15) is 0 Å². The van der Waals surface area contributed by atoms with Gasteiger partial charge in [-0.15, -0.1) is 0 Å². The van der Waals surface area contributed by atoms with Crippen LogP contribution in [0.2, 0.25) is 0 Å². The summed E-state index contributed by atoms with van der Waals surface area (Å²) >= 11 is 0. The Bertz CT molecular complexity index is 1030. The Morgan fingerprint density at radius 3 is 2.71 bits per heavy atom. The summed E-state index contributed by atoms with van der Waals surface area (Å²) < 4.78 is 19.0. The Morgan fingerprint density at radius 2 is 1.86 bits per heavy atom. The van der Waals surface area contributed by atoms with Crippen LogP contribution in [0.25, 0.3) is 33.2 Å². The van der Waals surface area contributed by atoms with Gasteiger partial charge in [0.15, 0.2) is 5.76 Å². The van der Waals surface area contributed by atoms with Crippen LogP contribution in [0.4, 0.5) is 4.39 Å². The lowest BCUT2D eigenvalue weighted by molar-refractivity contribution is 0.617. The van der Waals surface area contributed by atoms with Gasteiger partial charge in [0.05, 0.1) is 5.39 Å². The lowest BCUT2D eigenvalue weighted by atomic mass is 10.1. The molecule has 4 rings (SSSR count). The number of hydrogen-bond donors (Lipinski definition) is 1. The van der Waals surface area contributed by atoms with E-state index in [4.69, 9.17) is 4.42 Å². The molecule has 2 heterocycles. The number of halogens is 1. The normalized spacial score (nSPS) is 11.3. The Kier molecular flexibility index (Phi) is 2.41. The highest BCUT2D eigenvalue weighted by atomic mass is 19.1. The van der Waals surface area contributed by atoms with Crippen LogP contribution in [-0.2, 0) is 0 Å². The second-order valence-electron chi connectivity index (χ2n) is 4.74. The number of fused-ring (bicyclic) bond motifs is 2. The molecule has 0 aliphatic carbocycles. The molecule has 0 radical (unpaired) electrons. The van der Waals surface area contributed by atoms with Crippen LogP contribution in [-0.4, -0.2) is 10.2 Å². The Balaban J connectivity index is 2.04. The molecule has 0 fully saturated rings. The monoisotopic (exact) mass is 280 g/mol. The molecule has 0 spiro atoms. The summed E-state index contributed by atoms with van der Waals surface area (Å²) in [5.74, 6) is 0.164. The topological polar surface area (TPSA) is 58.9 Å². The van der Waals surface area contributed by atoms with Gasteiger partial charge >= 0.3 is 0 Å². The molecular formula is C16H9FN2O2. The zero-order valence-corrected chi connectivity index (χ0v) is 10.8. The van der Waals surface area contributed by atoms with Gasteiger partial charge in [-0.25, -0.2) is 9.49 Å². The summed E-state index contributed by atoms with van der Waals surface area (Å²) in [5, 5.41) is 8.41. The zero-order chi connectivity index (χ0) is 14.4. The van der Waals surface area contributed by atoms with Crippen LogP contribution < -0.4 is 5.56 Å². The standard InChI is InChI=1S/C16H9FN2O2/c17-10-5-6-13-9(7-10)8-14(21-13)15-11-3-1-2-4-12(11)16(20)19-18-15/h1-8H,(H,19,20). The van der Waals surface area contributed by atoms with E-state index in [1.807, 2.05) is 6.07 Å². The van der Waals surface area contributed by atoms with Gasteiger partial charge < -0.3 is 4.42 Å². The van der Waals surface area contributed by atoms with E-state index in [9.17, 15) is 9.18 Å². The highest BCUT2D eigenvalue weighted by molar-refractivity contribution is 5.94. The minimum absolute atomic E-state index is 0.253. The minimum atomic E-state index is -0.325. The summed E-state index contributed by atoms with van der Waals surface area (Å²) in [6, 6.07) is 13.2. The fourth-order valence-corrected chi connectivity index (χ4v) is 2.43. The lowest BCUT2D eigenvalue weighted by Crippen LogP contribution is -2.08. The first-order chi connectivity index (χ1) is 10.2. The van der Waals surface area contributed by atoms with E-state index in [0.717, 1.165) is 0 Å². The van der Waals surface area contributed by atoms with Crippen molar-refractivity contribution >= 4 is 21.7 Å². The average molecular weight is 280 g/mol. The van der Waals surface area contributed by atoms with Gasteiger partial charge in [0.1, 0.15) is 17.1 Å². The third-order valence-electron chi connectivity index (χ3n) is 3.41. The molecule has 0 bridgehead atoms. The Hall–Kier alpha value is -2.95. The highest BCUT2D eigenvalue weighted by Gasteiger charge is 2.13. The SMILES string of the molecule is O=c1[nH]nc(-c2cc3cc(F)ccc3o2)c2ccccc12. The number of H-pyrrole nitrogens is 1. The molecule has 0 saturated heterocycles. The molecule has 5 heteroatoms. The van der Waals surface area contributed by atoms with E-state index >= 15 is 0 Å². The van der Waals surface area contributed by atoms with Gasteiger partial charge in [-0.3, -0.25) is 4.79 Å². The quantitative estimate of drug-likeness (QED) is 0.580. The third-order valence-corrected chi connectivity index (χ3v) is 3.41. The largest absolute Gasteiger partial charge is 0.454 e. The molecule has 2 aromatic carbocycles. The van der Waals surface area contributed by atoms with Crippen molar-refractivity contribution in [2.75, 3.05) is 0 Å². The molecule has 0 atom stereocenters. The van der Waals surface area contributed by atoms with E-state index in [1.54, 1.807) is 30.3 Å². The number of aromatic nitrogens is 2. The maximum absolute atomic E-state index is 13.2. The van der Waals surface area contributed by atoms with Gasteiger partial charge in [0, 0.05) is 10.8 Å². The molecular weight excluding hydrogens is 271 g/mol. The van der Waals surface area contributed by atoms with Crippen molar-refractivity contribution in [3.63, 3.8) is 0 Å². The van der Waals surface area contributed by atoms with E-state index in [2.05, 4.69) is 10.2 Å². The number of hydrogen-bond acceptors (Lipinski definition) is 3. The molecule has 0 aliphatic heterocycles. The first-order valence-corrected chi connectivity index (χ1v) is 6.39. The summed E-state index contributed by atoms with van der Waals surface area (Å²) in [4.78, 5) is 11.8. The molecule has 21 heavy (non-hydrogen) atoms. The predicted molar refractivity (Wildman–Crippen MR) is 77.5 cm³/mol. The van der Waals surface area contributed by atoms with Crippen molar-refractivity contribution in [1.82, 2.24) is 10.2 Å². The Labute approximate surface area is 117 Å². The molecule has 2 aromatic heterocycles. The van der Waals surface area contributed by atoms with Crippen molar-refractivity contribution in [1.29, 1.82) is 0 Å². The van der Waals surface area contributed by atoms with Crippen LogP contribution in [0, 0.1) is 5.82 Å². The Morgan fingerprint density at radius 1 is 1.05 bits per heavy atom. The summed E-state index contributed by atoms with van der Waals surface area (Å²) in [5.41, 5.74) is 0.849. The minimum Gasteiger partial charge on any atom is -0.454 e. The molecule has 4 nitrogen and oxygen atoms in total. The molecule has 4 aromatic rings. The highest BCUT2D eigenvalue weighted by Crippen LogP contribution is 2.30.